The van der Waals surface area contributed by atoms with Crippen LogP contribution in [0.1, 0.15) is 37.7 Å². The van der Waals surface area contributed by atoms with Gasteiger partial charge >= 0.3 is 6.03 Å². The molecule has 1 aliphatic carbocycles. The molecule has 2 bridgehead atoms. The number of hydrogen-bond acceptors (Lipinski definition) is 3. The molecular weight excluding hydrogens is 342 g/mol. The van der Waals surface area contributed by atoms with Crippen molar-refractivity contribution in [3.63, 3.8) is 0 Å². The zero-order valence-corrected chi connectivity index (χ0v) is 16.2. The summed E-state index contributed by atoms with van der Waals surface area (Å²) < 4.78 is 5.38. The minimum Gasteiger partial charge on any atom is -0.495 e. The Kier molecular flexibility index (Phi) is 4.98. The van der Waals surface area contributed by atoms with Crippen LogP contribution in [-0.4, -0.2) is 54.5 Å². The highest BCUT2D eigenvalue weighted by molar-refractivity contribution is 5.91. The van der Waals surface area contributed by atoms with Gasteiger partial charge in [-0.15, -0.1) is 0 Å². The highest BCUT2D eigenvalue weighted by Gasteiger charge is 2.40. The zero-order valence-electron chi connectivity index (χ0n) is 16.2. The third kappa shape index (κ3) is 3.62. The second kappa shape index (κ2) is 7.41. The third-order valence-corrected chi connectivity index (χ3v) is 6.34. The number of urea groups is 1. The van der Waals surface area contributed by atoms with Crippen LogP contribution in [0.25, 0.3) is 0 Å². The first-order valence-electron chi connectivity index (χ1n) is 10.1. The van der Waals surface area contributed by atoms with E-state index in [-0.39, 0.29) is 18.0 Å². The molecule has 0 spiro atoms. The number of nitrogens with zero attached hydrogens (tertiary/aromatic N) is 2. The molecule has 146 valence electrons. The van der Waals surface area contributed by atoms with Gasteiger partial charge < -0.3 is 19.9 Å². The van der Waals surface area contributed by atoms with E-state index in [1.807, 2.05) is 34.9 Å². The summed E-state index contributed by atoms with van der Waals surface area (Å²) in [5.74, 6) is 1.57. The molecule has 1 N–H and O–H groups in total. The molecule has 0 radical (unpaired) electrons. The van der Waals surface area contributed by atoms with Crippen LogP contribution in [0, 0.1) is 18.8 Å². The number of benzene rings is 1. The standard InChI is InChI=1S/C21H29N3O3/c1-14-6-9-19(27-2)18(10-14)22-21(26)24-12-15-7-8-17(24)13-23(11-15)20(25)16-4-3-5-16/h6,9-10,15-17H,3-5,7-8,11-13H2,1-2H3,(H,22,26)/t15-,17+/m0/s1. The van der Waals surface area contributed by atoms with E-state index in [9.17, 15) is 9.59 Å². The number of amides is 3. The van der Waals surface area contributed by atoms with Gasteiger partial charge in [0.05, 0.1) is 18.8 Å². The van der Waals surface area contributed by atoms with Crippen molar-refractivity contribution >= 4 is 17.6 Å². The summed E-state index contributed by atoms with van der Waals surface area (Å²) >= 11 is 0. The maximum Gasteiger partial charge on any atom is 0.322 e. The monoisotopic (exact) mass is 371 g/mol. The van der Waals surface area contributed by atoms with Gasteiger partial charge in [0.1, 0.15) is 5.75 Å². The zero-order chi connectivity index (χ0) is 19.0. The second-order valence-corrected chi connectivity index (χ2v) is 8.25. The summed E-state index contributed by atoms with van der Waals surface area (Å²) in [6, 6.07) is 5.78. The van der Waals surface area contributed by atoms with Gasteiger partial charge in [-0.25, -0.2) is 4.79 Å². The Morgan fingerprint density at radius 2 is 1.93 bits per heavy atom. The summed E-state index contributed by atoms with van der Waals surface area (Å²) in [5.41, 5.74) is 1.77. The molecule has 1 aromatic carbocycles. The molecular formula is C21H29N3O3. The Morgan fingerprint density at radius 1 is 1.11 bits per heavy atom. The van der Waals surface area contributed by atoms with Gasteiger partial charge in [-0.1, -0.05) is 12.5 Å². The molecule has 3 heterocycles. The van der Waals surface area contributed by atoms with E-state index in [0.717, 1.165) is 44.3 Å². The molecule has 1 saturated carbocycles. The molecule has 4 aliphatic rings. The van der Waals surface area contributed by atoms with Gasteiger partial charge in [0.25, 0.3) is 0 Å². The first-order chi connectivity index (χ1) is 13.0. The lowest BCUT2D eigenvalue weighted by atomic mass is 9.84. The Balaban J connectivity index is 1.47. The van der Waals surface area contributed by atoms with Gasteiger partial charge in [-0.2, -0.15) is 0 Å². The smallest absolute Gasteiger partial charge is 0.322 e. The van der Waals surface area contributed by atoms with Crippen molar-refractivity contribution in [3.8, 4) is 5.75 Å². The largest absolute Gasteiger partial charge is 0.495 e. The topological polar surface area (TPSA) is 61.9 Å². The molecule has 27 heavy (non-hydrogen) atoms. The summed E-state index contributed by atoms with van der Waals surface area (Å²) in [6.07, 6.45) is 5.29. The normalized spacial score (nSPS) is 25.0. The van der Waals surface area contributed by atoms with E-state index >= 15 is 0 Å². The number of hydrogen-bond donors (Lipinski definition) is 1. The van der Waals surface area contributed by atoms with Crippen LogP contribution in [0.2, 0.25) is 0 Å². The summed E-state index contributed by atoms with van der Waals surface area (Å²) in [7, 11) is 1.61. The Bertz CT molecular complexity index is 731. The number of aryl methyl sites for hydroxylation is 1. The molecule has 2 atom stereocenters. The number of nitrogens with one attached hydrogen (secondary N) is 1. The number of methoxy groups -OCH3 is 1. The number of carbonyl (C=O) groups is 2. The van der Waals surface area contributed by atoms with Gasteiger partial charge in [-0.3, -0.25) is 4.79 Å². The van der Waals surface area contributed by atoms with Crippen molar-refractivity contribution in [3.05, 3.63) is 23.8 Å². The summed E-state index contributed by atoms with van der Waals surface area (Å²) in [6.45, 7) is 4.18. The van der Waals surface area contributed by atoms with E-state index in [4.69, 9.17) is 4.74 Å². The summed E-state index contributed by atoms with van der Waals surface area (Å²) in [4.78, 5) is 29.7. The fraction of sp³-hybridized carbons (Fsp3) is 0.619. The quantitative estimate of drug-likeness (QED) is 0.887. The highest BCUT2D eigenvalue weighted by Crippen LogP contribution is 2.34. The average Bonchev–Trinajstić information content (AvgIpc) is 2.92. The fourth-order valence-electron chi connectivity index (χ4n) is 4.53. The van der Waals surface area contributed by atoms with E-state index < -0.39 is 0 Å². The van der Waals surface area contributed by atoms with Crippen LogP contribution in [0.5, 0.6) is 5.75 Å². The molecule has 3 aliphatic heterocycles. The second-order valence-electron chi connectivity index (χ2n) is 8.25. The van der Waals surface area contributed by atoms with Crippen LogP contribution in [0.15, 0.2) is 18.2 Å². The van der Waals surface area contributed by atoms with Crippen molar-refractivity contribution < 1.29 is 14.3 Å². The van der Waals surface area contributed by atoms with Crippen molar-refractivity contribution in [2.75, 3.05) is 32.1 Å². The number of ether oxygens (including phenoxy) is 1. The predicted molar refractivity (Wildman–Crippen MR) is 104 cm³/mol. The molecule has 0 aromatic heterocycles. The molecule has 3 amide bonds. The predicted octanol–water partition coefficient (Wildman–Crippen LogP) is 3.26. The molecule has 5 rings (SSSR count). The van der Waals surface area contributed by atoms with E-state index in [1.54, 1.807) is 7.11 Å². The lowest BCUT2D eigenvalue weighted by molar-refractivity contribution is -0.138. The van der Waals surface area contributed by atoms with Crippen molar-refractivity contribution in [1.29, 1.82) is 0 Å². The van der Waals surface area contributed by atoms with E-state index in [1.165, 1.54) is 6.42 Å². The number of anilines is 1. The number of piperidine rings is 1. The average molecular weight is 371 g/mol. The maximum atomic E-state index is 13.0. The number of rotatable bonds is 3. The molecule has 6 heteroatoms. The van der Waals surface area contributed by atoms with Crippen LogP contribution in [0.3, 0.4) is 0 Å². The minimum atomic E-state index is -0.0912. The Morgan fingerprint density at radius 3 is 2.63 bits per heavy atom. The van der Waals surface area contributed by atoms with Crippen LogP contribution >= 0.6 is 0 Å². The van der Waals surface area contributed by atoms with Crippen LogP contribution < -0.4 is 10.1 Å². The Labute approximate surface area is 160 Å². The van der Waals surface area contributed by atoms with Gasteiger partial charge in [0, 0.05) is 25.6 Å². The van der Waals surface area contributed by atoms with Crippen molar-refractivity contribution in [2.45, 2.75) is 45.1 Å². The fourth-order valence-corrected chi connectivity index (χ4v) is 4.53. The molecule has 3 saturated heterocycles. The van der Waals surface area contributed by atoms with Crippen LogP contribution in [-0.2, 0) is 4.79 Å². The summed E-state index contributed by atoms with van der Waals surface area (Å²) in [5, 5.41) is 3.03. The number of fused-ring (bicyclic) bond motifs is 4. The Hall–Kier alpha value is -2.24. The van der Waals surface area contributed by atoms with Gasteiger partial charge in [-0.05, 0) is 56.2 Å². The SMILES string of the molecule is COc1ccc(C)cc1NC(=O)N1C[C@H]2CC[C@@H]1CN(C(=O)C1CCC1)C2. The van der Waals surface area contributed by atoms with E-state index in [0.29, 0.717) is 29.8 Å². The third-order valence-electron chi connectivity index (χ3n) is 6.34. The van der Waals surface area contributed by atoms with Crippen molar-refractivity contribution in [2.24, 2.45) is 11.8 Å². The maximum absolute atomic E-state index is 13.0. The number of carbonyl (C=O) groups excluding carboxylic acids is 2. The molecule has 6 nitrogen and oxygen atoms in total. The van der Waals surface area contributed by atoms with E-state index in [2.05, 4.69) is 5.32 Å². The first kappa shape index (κ1) is 18.1. The minimum absolute atomic E-state index is 0.0912. The highest BCUT2D eigenvalue weighted by atomic mass is 16.5. The van der Waals surface area contributed by atoms with Crippen molar-refractivity contribution in [1.82, 2.24) is 9.80 Å². The molecule has 1 aromatic rings. The van der Waals surface area contributed by atoms with Gasteiger partial charge in [0.15, 0.2) is 0 Å². The lowest BCUT2D eigenvalue weighted by Gasteiger charge is -2.36. The van der Waals surface area contributed by atoms with Crippen LogP contribution in [0.4, 0.5) is 10.5 Å². The lowest BCUT2D eigenvalue weighted by Crippen LogP contribution is -2.49. The first-order valence-corrected chi connectivity index (χ1v) is 10.1. The van der Waals surface area contributed by atoms with Gasteiger partial charge in [0.2, 0.25) is 5.91 Å². The molecule has 4 fully saturated rings. The molecule has 0 unspecified atom stereocenters.